The maximum absolute atomic E-state index is 12.4. The van der Waals surface area contributed by atoms with E-state index >= 15 is 0 Å². The molecule has 7 heteroatoms. The molecule has 2 heterocycles. The maximum atomic E-state index is 12.4. The summed E-state index contributed by atoms with van der Waals surface area (Å²) in [7, 11) is 0. The summed E-state index contributed by atoms with van der Waals surface area (Å²) >= 11 is 1.43. The van der Waals surface area contributed by atoms with Crippen LogP contribution in [0.15, 0.2) is 29.6 Å². The van der Waals surface area contributed by atoms with Gasteiger partial charge in [-0.3, -0.25) is 9.20 Å². The Bertz CT molecular complexity index is 708. The molecule has 0 aliphatic heterocycles. The molecule has 2 aromatic rings. The molecule has 0 N–H and O–H groups in total. The van der Waals surface area contributed by atoms with Crippen molar-refractivity contribution in [3.8, 4) is 12.1 Å². The standard InChI is InChI=1S/C13H11N5OS/c1-20-13-16-11(10-4-2-3-7-18(10)13)12(19)17(8-5-14)9-6-15/h2-4,7H,8-9H2,1H3. The third kappa shape index (κ3) is 2.44. The van der Waals surface area contributed by atoms with Crippen LogP contribution in [0.2, 0.25) is 0 Å². The molecule has 0 unspecified atom stereocenters. The monoisotopic (exact) mass is 285 g/mol. The lowest BCUT2D eigenvalue weighted by Gasteiger charge is -2.14. The van der Waals surface area contributed by atoms with E-state index < -0.39 is 5.91 Å². The van der Waals surface area contributed by atoms with E-state index in [2.05, 4.69) is 4.98 Å². The molecule has 0 saturated heterocycles. The molecule has 0 radical (unpaired) electrons. The van der Waals surface area contributed by atoms with Crippen LogP contribution in [0, 0.1) is 22.7 Å². The number of aromatic nitrogens is 2. The van der Waals surface area contributed by atoms with Crippen LogP contribution < -0.4 is 0 Å². The molecule has 1 amide bonds. The van der Waals surface area contributed by atoms with Crippen LogP contribution in [-0.4, -0.2) is 39.5 Å². The number of carbonyl (C=O) groups excluding carboxylic acids is 1. The molecule has 0 aliphatic carbocycles. The van der Waals surface area contributed by atoms with Crippen LogP contribution >= 0.6 is 11.8 Å². The van der Waals surface area contributed by atoms with Crippen LogP contribution in [0.4, 0.5) is 0 Å². The van der Waals surface area contributed by atoms with Gasteiger partial charge < -0.3 is 4.90 Å². The number of hydrogen-bond donors (Lipinski definition) is 0. The predicted octanol–water partition coefficient (Wildman–Crippen LogP) is 1.55. The Morgan fingerprint density at radius 3 is 2.70 bits per heavy atom. The highest BCUT2D eigenvalue weighted by Crippen LogP contribution is 2.20. The number of carbonyl (C=O) groups is 1. The maximum Gasteiger partial charge on any atom is 0.276 e. The molecule has 0 spiro atoms. The van der Waals surface area contributed by atoms with Gasteiger partial charge in [-0.15, -0.1) is 0 Å². The Kier molecular flexibility index (Phi) is 4.24. The molecule has 0 fully saturated rings. The van der Waals surface area contributed by atoms with E-state index in [9.17, 15) is 4.79 Å². The molecule has 0 bridgehead atoms. The summed E-state index contributed by atoms with van der Waals surface area (Å²) in [6.45, 7) is -0.264. The van der Waals surface area contributed by atoms with Crippen molar-refractivity contribution in [3.05, 3.63) is 30.1 Å². The fourth-order valence-electron chi connectivity index (χ4n) is 1.83. The van der Waals surface area contributed by atoms with Crippen LogP contribution in [0.1, 0.15) is 10.5 Å². The minimum Gasteiger partial charge on any atom is -0.311 e. The number of rotatable bonds is 4. The number of imidazole rings is 1. The first-order chi connectivity index (χ1) is 9.72. The second-order valence-electron chi connectivity index (χ2n) is 3.88. The van der Waals surface area contributed by atoms with E-state index in [4.69, 9.17) is 10.5 Å². The second-order valence-corrected chi connectivity index (χ2v) is 4.65. The highest BCUT2D eigenvalue weighted by molar-refractivity contribution is 7.98. The largest absolute Gasteiger partial charge is 0.311 e. The molecule has 0 aromatic carbocycles. The topological polar surface area (TPSA) is 85.2 Å². The zero-order valence-electron chi connectivity index (χ0n) is 10.8. The number of fused-ring (bicyclic) bond motifs is 1. The van der Waals surface area contributed by atoms with Gasteiger partial charge in [-0.2, -0.15) is 10.5 Å². The molecular weight excluding hydrogens is 274 g/mol. The molecule has 0 saturated carbocycles. The highest BCUT2D eigenvalue weighted by atomic mass is 32.2. The van der Waals surface area contributed by atoms with Gasteiger partial charge in [-0.05, 0) is 18.4 Å². The summed E-state index contributed by atoms with van der Waals surface area (Å²) in [6.07, 6.45) is 3.70. The van der Waals surface area contributed by atoms with E-state index in [1.807, 2.05) is 41.1 Å². The number of thioether (sulfide) groups is 1. The Balaban J connectivity index is 2.49. The Morgan fingerprint density at radius 1 is 1.40 bits per heavy atom. The van der Waals surface area contributed by atoms with Gasteiger partial charge in [0.15, 0.2) is 10.9 Å². The van der Waals surface area contributed by atoms with Gasteiger partial charge in [0, 0.05) is 6.20 Å². The van der Waals surface area contributed by atoms with Crippen LogP contribution in [0.3, 0.4) is 0 Å². The summed E-state index contributed by atoms with van der Waals surface area (Å²) in [5.41, 5.74) is 0.933. The van der Waals surface area contributed by atoms with Crippen molar-refractivity contribution in [1.82, 2.24) is 14.3 Å². The van der Waals surface area contributed by atoms with Gasteiger partial charge in [0.1, 0.15) is 13.1 Å². The van der Waals surface area contributed by atoms with Gasteiger partial charge in [0.05, 0.1) is 17.7 Å². The number of nitrogens with zero attached hydrogens (tertiary/aromatic N) is 5. The Morgan fingerprint density at radius 2 is 2.10 bits per heavy atom. The first-order valence-electron chi connectivity index (χ1n) is 5.77. The Labute approximate surface area is 120 Å². The number of nitriles is 2. The van der Waals surface area contributed by atoms with Crippen molar-refractivity contribution < 1.29 is 4.79 Å². The Hall–Kier alpha value is -2.51. The zero-order valence-corrected chi connectivity index (χ0v) is 11.6. The third-order valence-electron chi connectivity index (χ3n) is 2.71. The second kappa shape index (κ2) is 6.09. The molecule has 0 aliphatic rings. The fraction of sp³-hybridized carbons (Fsp3) is 0.231. The van der Waals surface area contributed by atoms with E-state index in [1.54, 1.807) is 6.07 Å². The smallest absolute Gasteiger partial charge is 0.276 e. The number of hydrogen-bond acceptors (Lipinski definition) is 5. The molecule has 2 rings (SSSR count). The normalized spacial score (nSPS) is 9.95. The van der Waals surface area contributed by atoms with Crippen molar-refractivity contribution in [2.45, 2.75) is 5.16 Å². The van der Waals surface area contributed by atoms with Crippen molar-refractivity contribution >= 4 is 23.2 Å². The molecule has 2 aromatic heterocycles. The molecular formula is C13H11N5OS. The lowest BCUT2D eigenvalue weighted by atomic mass is 10.3. The minimum absolute atomic E-state index is 0.132. The summed E-state index contributed by atoms with van der Waals surface area (Å²) in [5.74, 6) is -0.405. The molecule has 100 valence electrons. The van der Waals surface area contributed by atoms with E-state index in [-0.39, 0.29) is 18.8 Å². The van der Waals surface area contributed by atoms with Crippen molar-refractivity contribution in [2.75, 3.05) is 19.3 Å². The average Bonchev–Trinajstić information content (AvgIpc) is 2.85. The fourth-order valence-corrected chi connectivity index (χ4v) is 2.37. The van der Waals surface area contributed by atoms with Crippen LogP contribution in [0.5, 0.6) is 0 Å². The number of amides is 1. The van der Waals surface area contributed by atoms with E-state index in [1.165, 1.54) is 16.7 Å². The lowest BCUT2D eigenvalue weighted by molar-refractivity contribution is 0.0791. The van der Waals surface area contributed by atoms with Gasteiger partial charge in [-0.1, -0.05) is 17.8 Å². The van der Waals surface area contributed by atoms with E-state index in [0.29, 0.717) is 10.7 Å². The van der Waals surface area contributed by atoms with Gasteiger partial charge in [-0.25, -0.2) is 4.98 Å². The van der Waals surface area contributed by atoms with Crippen molar-refractivity contribution in [2.24, 2.45) is 0 Å². The summed E-state index contributed by atoms with van der Waals surface area (Å²) in [4.78, 5) is 17.9. The lowest BCUT2D eigenvalue weighted by Crippen LogP contribution is -2.32. The van der Waals surface area contributed by atoms with E-state index in [0.717, 1.165) is 0 Å². The van der Waals surface area contributed by atoms with Gasteiger partial charge >= 0.3 is 0 Å². The summed E-state index contributed by atoms with van der Waals surface area (Å²) < 4.78 is 1.81. The summed E-state index contributed by atoms with van der Waals surface area (Å²) in [6, 6.07) is 9.23. The molecule has 20 heavy (non-hydrogen) atoms. The SMILES string of the molecule is CSc1nc(C(=O)N(CC#N)CC#N)c2ccccn12. The van der Waals surface area contributed by atoms with Crippen molar-refractivity contribution in [1.29, 1.82) is 10.5 Å². The van der Waals surface area contributed by atoms with Gasteiger partial charge in [0.2, 0.25) is 0 Å². The predicted molar refractivity (Wildman–Crippen MR) is 74.1 cm³/mol. The third-order valence-corrected chi connectivity index (χ3v) is 3.36. The first-order valence-corrected chi connectivity index (χ1v) is 6.99. The molecule has 0 atom stereocenters. The van der Waals surface area contributed by atoms with Crippen LogP contribution in [0.25, 0.3) is 5.52 Å². The van der Waals surface area contributed by atoms with Gasteiger partial charge in [0.25, 0.3) is 5.91 Å². The van der Waals surface area contributed by atoms with Crippen molar-refractivity contribution in [3.63, 3.8) is 0 Å². The van der Waals surface area contributed by atoms with Crippen LogP contribution in [-0.2, 0) is 0 Å². The first kappa shape index (κ1) is 13.9. The quantitative estimate of drug-likeness (QED) is 0.628. The highest BCUT2D eigenvalue weighted by Gasteiger charge is 2.22. The summed E-state index contributed by atoms with van der Waals surface area (Å²) in [5, 5.41) is 18.2. The minimum atomic E-state index is -0.405. The zero-order chi connectivity index (χ0) is 14.5. The molecule has 6 nitrogen and oxygen atoms in total. The number of pyridine rings is 1. The average molecular weight is 285 g/mol.